The quantitative estimate of drug-likeness (QED) is 0.795. The monoisotopic (exact) mass is 407 g/mol. The van der Waals surface area contributed by atoms with E-state index in [1.807, 2.05) is 25.1 Å². The molecule has 27 heavy (non-hydrogen) atoms. The van der Waals surface area contributed by atoms with E-state index in [-0.39, 0.29) is 42.2 Å². The van der Waals surface area contributed by atoms with Crippen molar-refractivity contribution < 1.29 is 4.79 Å². The van der Waals surface area contributed by atoms with Gasteiger partial charge in [-0.25, -0.2) is 0 Å². The summed E-state index contributed by atoms with van der Waals surface area (Å²) in [4.78, 5) is 17.7. The largest absolute Gasteiger partial charge is 0.350 e. The van der Waals surface area contributed by atoms with Gasteiger partial charge in [0.15, 0.2) is 0 Å². The van der Waals surface area contributed by atoms with Crippen molar-refractivity contribution in [1.82, 2.24) is 15.6 Å². The first-order valence-corrected chi connectivity index (χ1v) is 9.16. The third kappa shape index (κ3) is 4.29. The lowest BCUT2D eigenvalue weighted by atomic mass is 9.69. The van der Waals surface area contributed by atoms with Crippen molar-refractivity contribution in [2.45, 2.75) is 51.2 Å². The van der Waals surface area contributed by atoms with E-state index >= 15 is 0 Å². The number of fused-ring (bicyclic) bond motifs is 2. The molecule has 0 unspecified atom stereocenters. The van der Waals surface area contributed by atoms with Gasteiger partial charge in [-0.3, -0.25) is 9.78 Å². The number of amides is 1. The first-order chi connectivity index (χ1) is 12.2. The van der Waals surface area contributed by atoms with Gasteiger partial charge < -0.3 is 10.6 Å². The number of carbonyl (C=O) groups is 1. The Bertz CT molecular complexity index is 771. The van der Waals surface area contributed by atoms with E-state index in [1.54, 1.807) is 6.20 Å². The predicted octanol–water partition coefficient (Wildman–Crippen LogP) is 3.60. The number of nitrogens with one attached hydrogen (secondary N) is 2. The summed E-state index contributed by atoms with van der Waals surface area (Å²) in [5.74, 6) is 0.168. The van der Waals surface area contributed by atoms with Crippen LogP contribution in [0.5, 0.6) is 0 Å². The zero-order valence-electron chi connectivity index (χ0n) is 15.5. The van der Waals surface area contributed by atoms with Crippen molar-refractivity contribution in [3.8, 4) is 0 Å². The van der Waals surface area contributed by atoms with E-state index in [2.05, 4.69) is 39.9 Å². The Morgan fingerprint density at radius 2 is 1.96 bits per heavy atom. The minimum atomic E-state index is -0.340. The summed E-state index contributed by atoms with van der Waals surface area (Å²) in [7, 11) is 0. The van der Waals surface area contributed by atoms with Gasteiger partial charge in [-0.05, 0) is 49.8 Å². The lowest BCUT2D eigenvalue weighted by molar-refractivity contribution is -0.132. The summed E-state index contributed by atoms with van der Waals surface area (Å²) in [6.07, 6.45) is 5.79. The maximum Gasteiger partial charge on any atom is 0.228 e. The molecule has 6 heteroatoms. The molecular weight excluding hydrogens is 381 g/mol. The second-order valence-corrected chi connectivity index (χ2v) is 7.47. The Morgan fingerprint density at radius 1 is 1.19 bits per heavy atom. The third-order valence-electron chi connectivity index (χ3n) is 5.87. The highest BCUT2D eigenvalue weighted by Gasteiger charge is 2.55. The average molecular weight is 408 g/mol. The van der Waals surface area contributed by atoms with Crippen molar-refractivity contribution in [3.63, 3.8) is 0 Å². The minimum absolute atomic E-state index is 0. The maximum atomic E-state index is 13.3. The second-order valence-electron chi connectivity index (χ2n) is 7.47. The molecule has 2 saturated heterocycles. The third-order valence-corrected chi connectivity index (χ3v) is 5.87. The average Bonchev–Trinajstić information content (AvgIpc) is 3.23. The Labute approximate surface area is 173 Å². The molecule has 4 rings (SSSR count). The van der Waals surface area contributed by atoms with Crippen molar-refractivity contribution in [3.05, 3.63) is 65.5 Å². The van der Waals surface area contributed by atoms with Crippen molar-refractivity contribution in [1.29, 1.82) is 0 Å². The second kappa shape index (κ2) is 9.05. The highest BCUT2D eigenvalue weighted by Crippen LogP contribution is 2.46. The summed E-state index contributed by atoms with van der Waals surface area (Å²) in [6.45, 7) is 2.53. The fourth-order valence-corrected chi connectivity index (χ4v) is 4.53. The van der Waals surface area contributed by atoms with Crippen LogP contribution in [0, 0.1) is 12.3 Å². The van der Waals surface area contributed by atoms with E-state index < -0.39 is 0 Å². The molecule has 4 nitrogen and oxygen atoms in total. The molecule has 0 radical (unpaired) electrons. The molecule has 2 N–H and O–H groups in total. The lowest BCUT2D eigenvalue weighted by Gasteiger charge is -2.35. The fraction of sp³-hybridized carbons (Fsp3) is 0.429. The van der Waals surface area contributed by atoms with Gasteiger partial charge in [0.2, 0.25) is 5.91 Å². The molecule has 0 spiro atoms. The normalized spacial score (nSPS) is 25.4. The van der Waals surface area contributed by atoms with Gasteiger partial charge in [-0.1, -0.05) is 36.4 Å². The number of nitrogens with zero attached hydrogens (tertiary/aromatic N) is 1. The topological polar surface area (TPSA) is 54.0 Å². The van der Waals surface area contributed by atoms with Crippen LogP contribution in [0.3, 0.4) is 0 Å². The number of carbonyl (C=O) groups excluding carboxylic acids is 1. The zero-order valence-corrected chi connectivity index (χ0v) is 17.1. The summed E-state index contributed by atoms with van der Waals surface area (Å²) in [6, 6.07) is 15.1. The van der Waals surface area contributed by atoms with Gasteiger partial charge in [0, 0.05) is 18.3 Å². The van der Waals surface area contributed by atoms with Crippen LogP contribution in [0.25, 0.3) is 0 Å². The highest BCUT2D eigenvalue weighted by molar-refractivity contribution is 5.86. The van der Waals surface area contributed by atoms with Crippen molar-refractivity contribution in [2.75, 3.05) is 0 Å². The summed E-state index contributed by atoms with van der Waals surface area (Å²) in [5.41, 5.74) is 2.96. The van der Waals surface area contributed by atoms with E-state index in [9.17, 15) is 4.79 Å². The van der Waals surface area contributed by atoms with Crippen molar-refractivity contribution >= 4 is 30.7 Å². The van der Waals surface area contributed by atoms with Gasteiger partial charge in [-0.15, -0.1) is 24.8 Å². The van der Waals surface area contributed by atoms with Crippen molar-refractivity contribution in [2.24, 2.45) is 5.41 Å². The Hall–Kier alpha value is -1.62. The Kier molecular flexibility index (Phi) is 7.26. The van der Waals surface area contributed by atoms with Gasteiger partial charge in [0.1, 0.15) is 0 Å². The number of aryl methyl sites for hydroxylation is 1. The molecule has 2 aromatic rings. The van der Waals surface area contributed by atoms with E-state index in [1.165, 1.54) is 12.0 Å². The molecule has 0 saturated carbocycles. The summed E-state index contributed by atoms with van der Waals surface area (Å²) >= 11 is 0. The molecule has 1 aromatic carbocycles. The van der Waals surface area contributed by atoms with Gasteiger partial charge in [-0.2, -0.15) is 0 Å². The van der Waals surface area contributed by atoms with E-state index in [4.69, 9.17) is 0 Å². The van der Waals surface area contributed by atoms with E-state index in [0.29, 0.717) is 12.6 Å². The van der Waals surface area contributed by atoms with Crippen LogP contribution in [0.4, 0.5) is 0 Å². The molecule has 1 aromatic heterocycles. The fourth-order valence-electron chi connectivity index (χ4n) is 4.53. The highest BCUT2D eigenvalue weighted by atomic mass is 35.5. The molecule has 3 heterocycles. The number of pyridine rings is 1. The summed E-state index contributed by atoms with van der Waals surface area (Å²) in [5, 5.41) is 6.84. The Balaban J connectivity index is 0.00000131. The number of halogens is 2. The van der Waals surface area contributed by atoms with Crippen LogP contribution < -0.4 is 10.6 Å². The van der Waals surface area contributed by atoms with Crippen LogP contribution >= 0.6 is 24.8 Å². The molecular formula is C21H27Cl2N3O. The lowest BCUT2D eigenvalue weighted by Crippen LogP contribution is -2.49. The number of benzene rings is 1. The van der Waals surface area contributed by atoms with Crippen LogP contribution in [0.1, 0.15) is 36.1 Å². The van der Waals surface area contributed by atoms with Crippen LogP contribution in [0.15, 0.2) is 48.7 Å². The van der Waals surface area contributed by atoms with Gasteiger partial charge >= 0.3 is 0 Å². The molecule has 3 atom stereocenters. The molecule has 0 aliphatic carbocycles. The SMILES string of the molecule is Cc1cccnc1CNC(=O)[C@]1(Cc2ccccc2)C[C@@H]2CC[C@H]1N2.Cl.Cl. The molecule has 2 aliphatic heterocycles. The van der Waals surface area contributed by atoms with Crippen LogP contribution in [-0.4, -0.2) is 23.0 Å². The predicted molar refractivity (Wildman–Crippen MR) is 112 cm³/mol. The Morgan fingerprint density at radius 3 is 2.59 bits per heavy atom. The smallest absolute Gasteiger partial charge is 0.228 e. The number of hydrogen-bond acceptors (Lipinski definition) is 3. The summed E-state index contributed by atoms with van der Waals surface area (Å²) < 4.78 is 0. The minimum Gasteiger partial charge on any atom is -0.350 e. The van der Waals surface area contributed by atoms with Crippen LogP contribution in [0.2, 0.25) is 0 Å². The first kappa shape index (κ1) is 21.7. The van der Waals surface area contributed by atoms with Gasteiger partial charge in [0.25, 0.3) is 0 Å². The number of aromatic nitrogens is 1. The molecule has 2 fully saturated rings. The molecule has 146 valence electrons. The van der Waals surface area contributed by atoms with Crippen LogP contribution in [-0.2, 0) is 17.8 Å². The number of hydrogen-bond donors (Lipinski definition) is 2. The van der Waals surface area contributed by atoms with E-state index in [0.717, 1.165) is 30.5 Å². The van der Waals surface area contributed by atoms with Gasteiger partial charge in [0.05, 0.1) is 17.7 Å². The maximum absolute atomic E-state index is 13.3. The molecule has 1 amide bonds. The zero-order chi connectivity index (χ0) is 17.3. The number of rotatable bonds is 5. The standard InChI is InChI=1S/C21H25N3O.2ClH/c1-15-6-5-11-22-18(15)14-23-20(25)21(12-16-7-3-2-4-8-16)13-17-9-10-19(21)24-17;;/h2-8,11,17,19,24H,9-10,12-14H2,1H3,(H,23,25);2*1H/t17-,19+,21+;;/m0../s1. The molecule has 2 bridgehead atoms. The molecule has 2 aliphatic rings. The first-order valence-electron chi connectivity index (χ1n) is 9.16.